The third-order valence-corrected chi connectivity index (χ3v) is 4.19. The second-order valence-electron chi connectivity index (χ2n) is 5.15. The molecule has 2 aromatic carbocycles. The highest BCUT2D eigenvalue weighted by molar-refractivity contribution is 9.10. The van der Waals surface area contributed by atoms with E-state index in [1.165, 1.54) is 11.1 Å². The molecule has 0 radical (unpaired) electrons. The third kappa shape index (κ3) is 2.95. The largest absolute Gasteiger partial charge is 0.399 e. The van der Waals surface area contributed by atoms with Crippen molar-refractivity contribution in [2.45, 2.75) is 26.3 Å². The third-order valence-electron chi connectivity index (χ3n) is 3.69. The Balaban J connectivity index is 1.89. The maximum atomic E-state index is 5.84. The number of anilines is 1. The van der Waals surface area contributed by atoms with Gasteiger partial charge in [-0.05, 0) is 49.2 Å². The summed E-state index contributed by atoms with van der Waals surface area (Å²) < 4.78 is 3.35. The number of benzene rings is 2. The van der Waals surface area contributed by atoms with Gasteiger partial charge in [-0.25, -0.2) is 4.98 Å². The highest BCUT2D eigenvalue weighted by Crippen LogP contribution is 2.22. The first kappa shape index (κ1) is 14.1. The molecule has 1 aromatic heterocycles. The van der Waals surface area contributed by atoms with E-state index in [9.17, 15) is 0 Å². The minimum Gasteiger partial charge on any atom is -0.399 e. The van der Waals surface area contributed by atoms with Gasteiger partial charge in [0.05, 0.1) is 11.0 Å². The molecule has 0 atom stereocenters. The van der Waals surface area contributed by atoms with Crippen LogP contribution in [0.4, 0.5) is 5.69 Å². The van der Waals surface area contributed by atoms with Crippen molar-refractivity contribution in [2.24, 2.45) is 0 Å². The number of imidazole rings is 1. The maximum Gasteiger partial charge on any atom is 0.110 e. The van der Waals surface area contributed by atoms with Crippen molar-refractivity contribution in [3.8, 4) is 0 Å². The van der Waals surface area contributed by atoms with Crippen molar-refractivity contribution >= 4 is 32.7 Å². The lowest BCUT2D eigenvalue weighted by Gasteiger charge is -2.06. The number of halogens is 1. The van der Waals surface area contributed by atoms with Gasteiger partial charge in [0, 0.05) is 23.1 Å². The number of nitrogens with zero attached hydrogens (tertiary/aromatic N) is 2. The van der Waals surface area contributed by atoms with Gasteiger partial charge < -0.3 is 10.3 Å². The fourth-order valence-electron chi connectivity index (χ4n) is 2.70. The molecule has 3 nitrogen and oxygen atoms in total. The van der Waals surface area contributed by atoms with E-state index in [2.05, 4.69) is 51.7 Å². The van der Waals surface area contributed by atoms with E-state index >= 15 is 0 Å². The van der Waals surface area contributed by atoms with E-state index in [1.54, 1.807) is 0 Å². The van der Waals surface area contributed by atoms with E-state index < -0.39 is 0 Å². The molecule has 2 N–H and O–H groups in total. The molecule has 1 heterocycles. The fraction of sp³-hybridized carbons (Fsp3) is 0.235. The van der Waals surface area contributed by atoms with Crippen molar-refractivity contribution in [3.63, 3.8) is 0 Å². The average Bonchev–Trinajstić information content (AvgIpc) is 2.81. The van der Waals surface area contributed by atoms with Crippen LogP contribution in [0.2, 0.25) is 0 Å². The van der Waals surface area contributed by atoms with Crippen molar-refractivity contribution in [1.29, 1.82) is 0 Å². The molecule has 0 saturated carbocycles. The van der Waals surface area contributed by atoms with Gasteiger partial charge >= 0.3 is 0 Å². The predicted molar refractivity (Wildman–Crippen MR) is 91.4 cm³/mol. The predicted octanol–water partition coefficient (Wildman–Crippen LogP) is 4.19. The second kappa shape index (κ2) is 5.90. The van der Waals surface area contributed by atoms with Crippen molar-refractivity contribution < 1.29 is 0 Å². The summed E-state index contributed by atoms with van der Waals surface area (Å²) in [6.07, 6.45) is 1.87. The lowest BCUT2D eigenvalue weighted by molar-refractivity contribution is 0.707. The molecule has 0 aliphatic rings. The first-order chi connectivity index (χ1) is 10.2. The highest BCUT2D eigenvalue weighted by atomic mass is 79.9. The molecular weight excluding hydrogens is 326 g/mol. The van der Waals surface area contributed by atoms with Crippen molar-refractivity contribution in [3.05, 3.63) is 58.3 Å². The lowest BCUT2D eigenvalue weighted by atomic mass is 10.1. The molecule has 108 valence electrons. The van der Waals surface area contributed by atoms with E-state index in [4.69, 9.17) is 10.7 Å². The summed E-state index contributed by atoms with van der Waals surface area (Å²) in [6, 6.07) is 14.3. The van der Waals surface area contributed by atoms with Crippen LogP contribution in [0.25, 0.3) is 11.0 Å². The van der Waals surface area contributed by atoms with Gasteiger partial charge in [-0.2, -0.15) is 0 Å². The first-order valence-corrected chi connectivity index (χ1v) is 7.95. The zero-order valence-corrected chi connectivity index (χ0v) is 13.6. The van der Waals surface area contributed by atoms with Gasteiger partial charge in [-0.15, -0.1) is 0 Å². The Morgan fingerprint density at radius 1 is 1.14 bits per heavy atom. The Bertz CT molecular complexity index is 777. The summed E-state index contributed by atoms with van der Waals surface area (Å²) >= 11 is 3.51. The van der Waals surface area contributed by atoms with Crippen LogP contribution in [0.1, 0.15) is 18.3 Å². The zero-order valence-electron chi connectivity index (χ0n) is 12.0. The SMILES string of the molecule is CCn1c(CCc2cccc(N)c2)nc2cc(Br)ccc21. The molecule has 3 rings (SSSR count). The van der Waals surface area contributed by atoms with Crippen LogP contribution >= 0.6 is 15.9 Å². The van der Waals surface area contributed by atoms with Crippen LogP contribution in [-0.2, 0) is 19.4 Å². The molecule has 3 aromatic rings. The average molecular weight is 344 g/mol. The van der Waals surface area contributed by atoms with Gasteiger partial charge in [-0.3, -0.25) is 0 Å². The van der Waals surface area contributed by atoms with Crippen LogP contribution in [-0.4, -0.2) is 9.55 Å². The summed E-state index contributed by atoms with van der Waals surface area (Å²) in [5.74, 6) is 1.13. The van der Waals surface area contributed by atoms with E-state index in [-0.39, 0.29) is 0 Å². The molecule has 0 saturated heterocycles. The number of rotatable bonds is 4. The van der Waals surface area contributed by atoms with Crippen LogP contribution in [0, 0.1) is 0 Å². The molecule has 0 bridgehead atoms. The zero-order chi connectivity index (χ0) is 14.8. The minimum atomic E-state index is 0.820. The lowest BCUT2D eigenvalue weighted by Crippen LogP contribution is -2.03. The molecule has 0 fully saturated rings. The normalized spacial score (nSPS) is 11.1. The van der Waals surface area contributed by atoms with Crippen LogP contribution in [0.5, 0.6) is 0 Å². The number of hydrogen-bond donors (Lipinski definition) is 1. The van der Waals surface area contributed by atoms with Gasteiger partial charge in [0.2, 0.25) is 0 Å². The van der Waals surface area contributed by atoms with Crippen molar-refractivity contribution in [2.75, 3.05) is 5.73 Å². The molecule has 21 heavy (non-hydrogen) atoms. The van der Waals surface area contributed by atoms with Gasteiger partial charge in [0.1, 0.15) is 5.82 Å². The maximum absolute atomic E-state index is 5.84. The summed E-state index contributed by atoms with van der Waals surface area (Å²) in [5, 5.41) is 0. The Labute approximate surface area is 132 Å². The smallest absolute Gasteiger partial charge is 0.110 e. The van der Waals surface area contributed by atoms with Crippen LogP contribution in [0.3, 0.4) is 0 Å². The molecule has 0 aliphatic heterocycles. The Morgan fingerprint density at radius 3 is 2.76 bits per heavy atom. The number of nitrogens with two attached hydrogens (primary N) is 1. The second-order valence-corrected chi connectivity index (χ2v) is 6.07. The number of aryl methyl sites for hydroxylation is 3. The highest BCUT2D eigenvalue weighted by Gasteiger charge is 2.10. The number of hydrogen-bond acceptors (Lipinski definition) is 2. The minimum absolute atomic E-state index is 0.820. The summed E-state index contributed by atoms with van der Waals surface area (Å²) in [4.78, 5) is 4.78. The number of fused-ring (bicyclic) bond motifs is 1. The number of aromatic nitrogens is 2. The monoisotopic (exact) mass is 343 g/mol. The summed E-state index contributed by atoms with van der Waals surface area (Å²) in [5.41, 5.74) is 10.2. The van der Waals surface area contributed by atoms with E-state index in [0.717, 1.165) is 40.9 Å². The summed E-state index contributed by atoms with van der Waals surface area (Å²) in [7, 11) is 0. The molecule has 0 aliphatic carbocycles. The quantitative estimate of drug-likeness (QED) is 0.722. The standard InChI is InChI=1S/C17H18BrN3/c1-2-21-16-8-7-13(18)11-15(16)20-17(21)9-6-12-4-3-5-14(19)10-12/h3-5,7-8,10-11H,2,6,9,19H2,1H3. The number of nitrogen functional groups attached to an aromatic ring is 1. The molecule has 0 unspecified atom stereocenters. The molecular formula is C17H18BrN3. The Kier molecular flexibility index (Phi) is 3.97. The first-order valence-electron chi connectivity index (χ1n) is 7.16. The van der Waals surface area contributed by atoms with Crippen LogP contribution in [0.15, 0.2) is 46.9 Å². The van der Waals surface area contributed by atoms with Gasteiger partial charge in [0.15, 0.2) is 0 Å². The fourth-order valence-corrected chi connectivity index (χ4v) is 3.05. The van der Waals surface area contributed by atoms with E-state index in [1.807, 2.05) is 18.2 Å². The molecule has 4 heteroatoms. The Hall–Kier alpha value is -1.81. The molecule has 0 spiro atoms. The van der Waals surface area contributed by atoms with E-state index in [0.29, 0.717) is 0 Å². The molecule has 0 amide bonds. The van der Waals surface area contributed by atoms with Gasteiger partial charge in [0.25, 0.3) is 0 Å². The Morgan fingerprint density at radius 2 is 2.00 bits per heavy atom. The van der Waals surface area contributed by atoms with Gasteiger partial charge in [-0.1, -0.05) is 28.1 Å². The van der Waals surface area contributed by atoms with Crippen molar-refractivity contribution in [1.82, 2.24) is 9.55 Å². The summed E-state index contributed by atoms with van der Waals surface area (Å²) in [6.45, 7) is 3.09. The van der Waals surface area contributed by atoms with Crippen LogP contribution < -0.4 is 5.73 Å². The topological polar surface area (TPSA) is 43.8 Å².